The summed E-state index contributed by atoms with van der Waals surface area (Å²) < 4.78 is 1.92. The Morgan fingerprint density at radius 3 is 2.72 bits per heavy atom. The zero-order chi connectivity index (χ0) is 17.6. The third-order valence-corrected chi connectivity index (χ3v) is 5.12. The van der Waals surface area contributed by atoms with Gasteiger partial charge in [0.15, 0.2) is 0 Å². The van der Waals surface area contributed by atoms with Crippen LogP contribution in [0.3, 0.4) is 0 Å². The van der Waals surface area contributed by atoms with Crippen LogP contribution in [-0.2, 0) is 9.59 Å². The molecule has 1 atom stereocenters. The van der Waals surface area contributed by atoms with Crippen molar-refractivity contribution in [3.8, 4) is 0 Å². The van der Waals surface area contributed by atoms with Gasteiger partial charge in [0.1, 0.15) is 0 Å². The molecule has 3 amide bonds. The van der Waals surface area contributed by atoms with E-state index in [1.807, 2.05) is 41.1 Å². The number of likely N-dealkylation sites (tertiary alicyclic amines) is 2. The second kappa shape index (κ2) is 5.91. The lowest BCUT2D eigenvalue weighted by atomic mass is 10.1. The number of nitrogens with zero attached hydrogens (tertiary/aromatic N) is 3. The molecule has 0 spiro atoms. The van der Waals surface area contributed by atoms with Gasteiger partial charge in [-0.05, 0) is 18.2 Å². The summed E-state index contributed by atoms with van der Waals surface area (Å²) >= 11 is 0. The van der Waals surface area contributed by atoms with Crippen LogP contribution in [0.25, 0.3) is 5.52 Å². The van der Waals surface area contributed by atoms with Gasteiger partial charge < -0.3 is 19.5 Å². The first-order valence-electron chi connectivity index (χ1n) is 8.44. The molecular weight excluding hydrogens is 320 g/mol. The minimum atomic E-state index is -0.279. The van der Waals surface area contributed by atoms with Crippen LogP contribution < -0.4 is 5.32 Å². The smallest absolute Gasteiger partial charge is 0.255 e. The predicted molar refractivity (Wildman–Crippen MR) is 91.0 cm³/mol. The summed E-state index contributed by atoms with van der Waals surface area (Å²) in [6.07, 6.45) is 4.00. The van der Waals surface area contributed by atoms with Crippen LogP contribution in [0.1, 0.15) is 16.8 Å². The Kier molecular flexibility index (Phi) is 3.71. The van der Waals surface area contributed by atoms with E-state index in [0.29, 0.717) is 25.2 Å². The van der Waals surface area contributed by atoms with Crippen LogP contribution in [0.15, 0.2) is 36.7 Å². The maximum Gasteiger partial charge on any atom is 0.255 e. The maximum atomic E-state index is 12.6. The van der Waals surface area contributed by atoms with Gasteiger partial charge in [-0.1, -0.05) is 6.07 Å². The zero-order valence-electron chi connectivity index (χ0n) is 14.0. The van der Waals surface area contributed by atoms with Gasteiger partial charge in [-0.2, -0.15) is 0 Å². The first-order chi connectivity index (χ1) is 12.1. The highest BCUT2D eigenvalue weighted by Crippen LogP contribution is 2.26. The van der Waals surface area contributed by atoms with Crippen LogP contribution in [0.5, 0.6) is 0 Å². The molecule has 2 aliphatic heterocycles. The van der Waals surface area contributed by atoms with Crippen molar-refractivity contribution in [1.82, 2.24) is 19.5 Å². The van der Waals surface area contributed by atoms with E-state index in [2.05, 4.69) is 5.32 Å². The minimum absolute atomic E-state index is 0.000282. The van der Waals surface area contributed by atoms with Crippen molar-refractivity contribution >= 4 is 23.2 Å². The fraction of sp³-hybridized carbons (Fsp3) is 0.389. The molecule has 7 heteroatoms. The second-order valence-electron chi connectivity index (χ2n) is 6.69. The van der Waals surface area contributed by atoms with E-state index in [-0.39, 0.29) is 36.1 Å². The van der Waals surface area contributed by atoms with Crippen LogP contribution in [0, 0.1) is 5.92 Å². The number of carbonyl (C=O) groups is 3. The quantitative estimate of drug-likeness (QED) is 0.877. The van der Waals surface area contributed by atoms with E-state index < -0.39 is 0 Å². The van der Waals surface area contributed by atoms with Gasteiger partial charge >= 0.3 is 0 Å². The van der Waals surface area contributed by atoms with E-state index >= 15 is 0 Å². The van der Waals surface area contributed by atoms with Crippen molar-refractivity contribution in [1.29, 1.82) is 0 Å². The van der Waals surface area contributed by atoms with Gasteiger partial charge in [-0.3, -0.25) is 14.4 Å². The number of nitrogens with one attached hydrogen (secondary N) is 1. The Morgan fingerprint density at radius 1 is 1.20 bits per heavy atom. The molecule has 2 aromatic heterocycles. The highest BCUT2D eigenvalue weighted by molar-refractivity contribution is 5.96. The Hall–Kier alpha value is -2.83. The molecule has 2 aromatic rings. The minimum Gasteiger partial charge on any atom is -0.359 e. The van der Waals surface area contributed by atoms with Crippen LogP contribution in [0.2, 0.25) is 0 Å². The summed E-state index contributed by atoms with van der Waals surface area (Å²) in [7, 11) is 1.58. The van der Waals surface area contributed by atoms with Gasteiger partial charge in [0, 0.05) is 51.0 Å². The number of pyridine rings is 1. The molecule has 4 rings (SSSR count). The summed E-state index contributed by atoms with van der Waals surface area (Å²) in [5, 5.41) is 2.60. The topological polar surface area (TPSA) is 74.1 Å². The number of amides is 3. The van der Waals surface area contributed by atoms with Gasteiger partial charge in [0.25, 0.3) is 5.91 Å². The summed E-state index contributed by atoms with van der Waals surface area (Å²) in [5.74, 6) is -0.391. The molecule has 1 unspecified atom stereocenters. The molecule has 0 radical (unpaired) electrons. The van der Waals surface area contributed by atoms with Gasteiger partial charge in [-0.15, -0.1) is 0 Å². The second-order valence-corrected chi connectivity index (χ2v) is 6.69. The molecule has 0 aromatic carbocycles. The lowest BCUT2D eigenvalue weighted by Gasteiger charge is -2.44. The standard InChI is InChI=1S/C18H20N4O3/c1-19-17(24)12-7-16(23)22(9-12)15-10-21(11-15)18(25)13-6-14-4-2-3-5-20(14)8-13/h2-6,8,12,15H,7,9-11H2,1H3,(H,19,24). The summed E-state index contributed by atoms with van der Waals surface area (Å²) in [6, 6.07) is 7.70. The molecular formula is C18H20N4O3. The molecule has 2 aliphatic rings. The molecule has 0 saturated carbocycles. The average molecular weight is 340 g/mol. The van der Waals surface area contributed by atoms with E-state index in [1.165, 1.54) is 0 Å². The number of aromatic nitrogens is 1. The normalized spacial score (nSPS) is 20.8. The van der Waals surface area contributed by atoms with E-state index in [0.717, 1.165) is 5.52 Å². The number of rotatable bonds is 3. The SMILES string of the molecule is CNC(=O)C1CC(=O)N(C2CN(C(=O)c3cc4ccccn4c3)C2)C1. The number of carbonyl (C=O) groups excluding carboxylic acids is 3. The van der Waals surface area contributed by atoms with Crippen molar-refractivity contribution in [3.05, 3.63) is 42.2 Å². The van der Waals surface area contributed by atoms with Gasteiger partial charge in [-0.25, -0.2) is 0 Å². The van der Waals surface area contributed by atoms with E-state index in [4.69, 9.17) is 0 Å². The molecule has 4 heterocycles. The van der Waals surface area contributed by atoms with Crippen molar-refractivity contribution in [2.75, 3.05) is 26.7 Å². The van der Waals surface area contributed by atoms with Crippen LogP contribution >= 0.6 is 0 Å². The average Bonchev–Trinajstić information content (AvgIpc) is 3.17. The van der Waals surface area contributed by atoms with E-state index in [1.54, 1.807) is 16.8 Å². The van der Waals surface area contributed by atoms with Gasteiger partial charge in [0.2, 0.25) is 11.8 Å². The Balaban J connectivity index is 1.39. The number of hydrogen-bond donors (Lipinski definition) is 1. The monoisotopic (exact) mass is 340 g/mol. The van der Waals surface area contributed by atoms with E-state index in [9.17, 15) is 14.4 Å². The maximum absolute atomic E-state index is 12.6. The molecule has 7 nitrogen and oxygen atoms in total. The predicted octanol–water partition coefficient (Wildman–Crippen LogP) is 0.358. The lowest BCUT2D eigenvalue weighted by molar-refractivity contribution is -0.132. The van der Waals surface area contributed by atoms with Crippen molar-refractivity contribution < 1.29 is 14.4 Å². The number of hydrogen-bond acceptors (Lipinski definition) is 3. The Morgan fingerprint density at radius 2 is 2.00 bits per heavy atom. The van der Waals surface area contributed by atoms with Crippen molar-refractivity contribution in [2.45, 2.75) is 12.5 Å². The molecule has 0 bridgehead atoms. The third kappa shape index (κ3) is 2.65. The van der Waals surface area contributed by atoms with Crippen LogP contribution in [0.4, 0.5) is 0 Å². The van der Waals surface area contributed by atoms with Crippen molar-refractivity contribution in [2.24, 2.45) is 5.92 Å². The highest BCUT2D eigenvalue weighted by Gasteiger charge is 2.43. The summed E-state index contributed by atoms with van der Waals surface area (Å²) in [6.45, 7) is 1.50. The van der Waals surface area contributed by atoms with Crippen molar-refractivity contribution in [3.63, 3.8) is 0 Å². The fourth-order valence-electron chi connectivity index (χ4n) is 3.64. The summed E-state index contributed by atoms with van der Waals surface area (Å²) in [4.78, 5) is 40.0. The zero-order valence-corrected chi connectivity index (χ0v) is 14.0. The fourth-order valence-corrected chi connectivity index (χ4v) is 3.64. The molecule has 2 fully saturated rings. The van der Waals surface area contributed by atoms with Crippen LogP contribution in [-0.4, -0.2) is 64.6 Å². The van der Waals surface area contributed by atoms with Gasteiger partial charge in [0.05, 0.1) is 17.5 Å². The molecule has 0 aliphatic carbocycles. The molecule has 1 N–H and O–H groups in total. The third-order valence-electron chi connectivity index (χ3n) is 5.12. The first kappa shape index (κ1) is 15.7. The number of fused-ring (bicyclic) bond motifs is 1. The molecule has 25 heavy (non-hydrogen) atoms. The highest BCUT2D eigenvalue weighted by atomic mass is 16.2. The summed E-state index contributed by atoms with van der Waals surface area (Å²) in [5.41, 5.74) is 1.63. The largest absolute Gasteiger partial charge is 0.359 e. The lowest BCUT2D eigenvalue weighted by Crippen LogP contribution is -2.61. The molecule has 130 valence electrons. The molecule has 2 saturated heterocycles. The Bertz CT molecular complexity index is 820. The Labute approximate surface area is 145 Å². The first-order valence-corrected chi connectivity index (χ1v) is 8.44.